The first-order valence-corrected chi connectivity index (χ1v) is 4.08. The van der Waals surface area contributed by atoms with Crippen molar-refractivity contribution in [1.29, 1.82) is 0 Å². The summed E-state index contributed by atoms with van der Waals surface area (Å²) in [5.74, 6) is 0. The third-order valence-corrected chi connectivity index (χ3v) is 1.95. The second-order valence-corrected chi connectivity index (χ2v) is 3.00. The van der Waals surface area contributed by atoms with Crippen LogP contribution >= 0.6 is 0 Å². The van der Waals surface area contributed by atoms with Crippen LogP contribution in [0.2, 0.25) is 0 Å². The van der Waals surface area contributed by atoms with Crippen molar-refractivity contribution < 1.29 is 17.6 Å². The summed E-state index contributed by atoms with van der Waals surface area (Å²) >= 11 is 0. The Kier molecular flexibility index (Phi) is 2.03. The van der Waals surface area contributed by atoms with Gasteiger partial charge >= 0.3 is 11.8 Å². The number of alkyl halides is 3. The minimum atomic E-state index is -4.38. The highest BCUT2D eigenvalue weighted by Gasteiger charge is 2.30. The van der Waals surface area contributed by atoms with Crippen LogP contribution in [0.3, 0.4) is 0 Å². The second-order valence-electron chi connectivity index (χ2n) is 3.00. The number of rotatable bonds is 0. The summed E-state index contributed by atoms with van der Waals surface area (Å²) < 4.78 is 41.6. The van der Waals surface area contributed by atoms with Crippen LogP contribution in [0.25, 0.3) is 11.0 Å². The third kappa shape index (κ3) is 1.86. The fourth-order valence-corrected chi connectivity index (χ4v) is 1.25. The van der Waals surface area contributed by atoms with Crippen molar-refractivity contribution in [3.63, 3.8) is 0 Å². The summed E-state index contributed by atoms with van der Waals surface area (Å²) in [6, 6.07) is 5.35. The lowest BCUT2D eigenvalue weighted by atomic mass is 10.1. The van der Waals surface area contributed by atoms with Crippen molar-refractivity contribution in [3.8, 4) is 0 Å². The summed E-state index contributed by atoms with van der Waals surface area (Å²) in [5, 5.41) is 0.254. The molecule has 0 spiro atoms. The van der Waals surface area contributed by atoms with Gasteiger partial charge in [0.15, 0.2) is 0 Å². The molecule has 0 aliphatic heterocycles. The lowest BCUT2D eigenvalue weighted by molar-refractivity contribution is -0.137. The van der Waals surface area contributed by atoms with E-state index in [9.17, 15) is 18.0 Å². The number of halogens is 3. The van der Waals surface area contributed by atoms with E-state index in [1.54, 1.807) is 0 Å². The molecule has 0 N–H and O–H groups in total. The summed E-state index contributed by atoms with van der Waals surface area (Å²) in [5.41, 5.74) is -1.19. The van der Waals surface area contributed by atoms with Crippen molar-refractivity contribution in [2.75, 3.05) is 0 Å². The van der Waals surface area contributed by atoms with Crippen LogP contribution in [0, 0.1) is 0 Å². The maximum atomic E-state index is 12.3. The minimum absolute atomic E-state index is 0.149. The average molecular weight is 214 g/mol. The van der Waals surface area contributed by atoms with Gasteiger partial charge in [0.25, 0.3) is 0 Å². The normalized spacial score (nSPS) is 11.9. The van der Waals surface area contributed by atoms with Gasteiger partial charge < -0.3 is 4.42 Å². The molecular formula is C10H5F3O2. The van der Waals surface area contributed by atoms with Crippen molar-refractivity contribution in [3.05, 3.63) is 46.3 Å². The van der Waals surface area contributed by atoms with Crippen molar-refractivity contribution in [2.24, 2.45) is 0 Å². The Bertz CT molecular complexity index is 554. The average Bonchev–Trinajstić information content (AvgIpc) is 2.15. The standard InChI is InChI=1S/C10H5F3O2/c11-10(12,13)7-2-3-8-6(5-7)1-4-9(14)15-8/h1-5H. The highest BCUT2D eigenvalue weighted by Crippen LogP contribution is 2.30. The van der Waals surface area contributed by atoms with Crippen LogP contribution in [-0.4, -0.2) is 0 Å². The van der Waals surface area contributed by atoms with E-state index in [0.717, 1.165) is 24.3 Å². The molecule has 2 rings (SSSR count). The number of fused-ring (bicyclic) bond motifs is 1. The lowest BCUT2D eigenvalue weighted by Gasteiger charge is -2.06. The van der Waals surface area contributed by atoms with Crippen molar-refractivity contribution >= 4 is 11.0 Å². The summed E-state index contributed by atoms with van der Waals surface area (Å²) in [7, 11) is 0. The molecule has 78 valence electrons. The summed E-state index contributed by atoms with van der Waals surface area (Å²) in [6.45, 7) is 0. The van der Waals surface area contributed by atoms with Gasteiger partial charge in [0.1, 0.15) is 5.58 Å². The molecule has 1 heterocycles. The Balaban J connectivity index is 2.67. The van der Waals surface area contributed by atoms with Gasteiger partial charge in [0.05, 0.1) is 5.56 Å². The fourth-order valence-electron chi connectivity index (χ4n) is 1.25. The third-order valence-electron chi connectivity index (χ3n) is 1.95. The molecule has 0 fully saturated rings. The van der Waals surface area contributed by atoms with E-state index < -0.39 is 17.4 Å². The number of hydrogen-bond donors (Lipinski definition) is 0. The van der Waals surface area contributed by atoms with Crippen LogP contribution < -0.4 is 5.63 Å². The van der Waals surface area contributed by atoms with Gasteiger partial charge in [-0.25, -0.2) is 4.79 Å². The monoisotopic (exact) mass is 214 g/mol. The molecule has 15 heavy (non-hydrogen) atoms. The van der Waals surface area contributed by atoms with Crippen LogP contribution in [0.4, 0.5) is 13.2 Å². The first-order chi connectivity index (χ1) is 6.97. The van der Waals surface area contributed by atoms with Gasteiger partial charge in [-0.3, -0.25) is 0 Å². The molecule has 0 saturated heterocycles. The molecule has 0 amide bonds. The smallest absolute Gasteiger partial charge is 0.416 e. The Hall–Kier alpha value is -1.78. The maximum absolute atomic E-state index is 12.3. The fraction of sp³-hybridized carbons (Fsp3) is 0.100. The minimum Gasteiger partial charge on any atom is -0.423 e. The van der Waals surface area contributed by atoms with E-state index >= 15 is 0 Å². The van der Waals surface area contributed by atoms with Gasteiger partial charge in [-0.05, 0) is 24.3 Å². The predicted octanol–water partition coefficient (Wildman–Crippen LogP) is 2.81. The topological polar surface area (TPSA) is 30.2 Å². The zero-order valence-corrected chi connectivity index (χ0v) is 7.34. The van der Waals surface area contributed by atoms with Gasteiger partial charge in [-0.15, -0.1) is 0 Å². The summed E-state index contributed by atoms with van der Waals surface area (Å²) in [6.07, 6.45) is -4.38. The summed E-state index contributed by atoms with van der Waals surface area (Å²) in [4.78, 5) is 10.8. The zero-order chi connectivity index (χ0) is 11.1. The molecule has 2 aromatic rings. The maximum Gasteiger partial charge on any atom is 0.416 e. The molecule has 0 atom stereocenters. The highest BCUT2D eigenvalue weighted by molar-refractivity contribution is 5.77. The Morgan fingerprint density at radius 2 is 1.80 bits per heavy atom. The molecule has 0 saturated carbocycles. The van der Waals surface area contributed by atoms with Crippen LogP contribution in [0.1, 0.15) is 5.56 Å². The molecule has 2 nitrogen and oxygen atoms in total. The molecular weight excluding hydrogens is 209 g/mol. The van der Waals surface area contributed by atoms with Gasteiger partial charge in [0.2, 0.25) is 0 Å². The lowest BCUT2D eigenvalue weighted by Crippen LogP contribution is -2.04. The zero-order valence-electron chi connectivity index (χ0n) is 7.34. The first kappa shape index (κ1) is 9.76. The largest absolute Gasteiger partial charge is 0.423 e. The number of hydrogen-bond acceptors (Lipinski definition) is 2. The highest BCUT2D eigenvalue weighted by atomic mass is 19.4. The molecule has 0 aliphatic carbocycles. The van der Waals surface area contributed by atoms with Crippen LogP contribution in [-0.2, 0) is 6.18 Å². The van der Waals surface area contributed by atoms with E-state index in [2.05, 4.69) is 0 Å². The quantitative estimate of drug-likeness (QED) is 0.631. The van der Waals surface area contributed by atoms with E-state index in [1.807, 2.05) is 0 Å². The molecule has 0 aliphatic rings. The molecule has 0 bridgehead atoms. The SMILES string of the molecule is O=c1ccc2cc(C(F)(F)F)ccc2o1. The van der Waals surface area contributed by atoms with E-state index in [0.29, 0.717) is 0 Å². The Morgan fingerprint density at radius 1 is 1.07 bits per heavy atom. The van der Waals surface area contributed by atoms with E-state index in [4.69, 9.17) is 4.42 Å². The van der Waals surface area contributed by atoms with Crippen molar-refractivity contribution in [2.45, 2.75) is 6.18 Å². The molecule has 1 aromatic carbocycles. The number of benzene rings is 1. The molecule has 5 heteroatoms. The Labute approximate surface area is 81.9 Å². The van der Waals surface area contributed by atoms with Gasteiger partial charge in [0, 0.05) is 11.5 Å². The van der Waals surface area contributed by atoms with E-state index in [1.165, 1.54) is 6.07 Å². The predicted molar refractivity (Wildman–Crippen MR) is 47.5 cm³/mol. The van der Waals surface area contributed by atoms with E-state index in [-0.39, 0.29) is 11.0 Å². The van der Waals surface area contributed by atoms with Crippen LogP contribution in [0.15, 0.2) is 39.5 Å². The molecule has 1 aromatic heterocycles. The molecule has 0 unspecified atom stereocenters. The first-order valence-electron chi connectivity index (χ1n) is 4.08. The Morgan fingerprint density at radius 3 is 2.47 bits per heavy atom. The second kappa shape index (κ2) is 3.12. The van der Waals surface area contributed by atoms with Crippen LogP contribution in [0.5, 0.6) is 0 Å². The van der Waals surface area contributed by atoms with Gasteiger partial charge in [-0.1, -0.05) is 0 Å². The van der Waals surface area contributed by atoms with Gasteiger partial charge in [-0.2, -0.15) is 13.2 Å². The van der Waals surface area contributed by atoms with Crippen molar-refractivity contribution in [1.82, 2.24) is 0 Å². The molecule has 0 radical (unpaired) electrons.